The third-order valence-corrected chi connectivity index (χ3v) is 9.15. The van der Waals surface area contributed by atoms with Gasteiger partial charge in [-0.25, -0.2) is 4.98 Å². The van der Waals surface area contributed by atoms with Crippen LogP contribution in [-0.4, -0.2) is 26.1 Å². The largest absolute Gasteiger partial charge is 0.361 e. The lowest BCUT2D eigenvalue weighted by atomic mass is 9.91. The summed E-state index contributed by atoms with van der Waals surface area (Å²) in [6.45, 7) is 4.08. The van der Waals surface area contributed by atoms with Gasteiger partial charge in [0.1, 0.15) is 5.78 Å². The van der Waals surface area contributed by atoms with Gasteiger partial charge in [-0.1, -0.05) is 83.1 Å². The van der Waals surface area contributed by atoms with Crippen molar-refractivity contribution in [3.8, 4) is 11.3 Å². The fourth-order valence-corrected chi connectivity index (χ4v) is 7.13. The molecule has 0 unspecified atom stereocenters. The van der Waals surface area contributed by atoms with E-state index < -0.39 is 5.92 Å². The average Bonchev–Trinajstić information content (AvgIpc) is 3.70. The molecule has 7 aromatic rings. The lowest BCUT2D eigenvalue weighted by molar-refractivity contribution is -0.125. The van der Waals surface area contributed by atoms with E-state index in [0.29, 0.717) is 18.5 Å². The summed E-state index contributed by atoms with van der Waals surface area (Å²) in [5.41, 5.74) is 8.99. The standard InChI is InChI=1S/C37H32N4O2S/c1-23-15-24(2)17-25(16-23)18-30(42)20-27(19-28-21-38-32-8-4-3-7-31(28)32)36(43)39-29-13-11-26(12-14-29)33-22-41-34-9-5-6-10-35(34)44-37(41)40-33/h3-17,21-22,27,38H,18-20H2,1-2H3,(H,39,43)/t27-/m1/s1. The van der Waals surface area contributed by atoms with Gasteiger partial charge in [-0.2, -0.15) is 0 Å². The highest BCUT2D eigenvalue weighted by Crippen LogP contribution is 2.30. The molecule has 7 heteroatoms. The highest BCUT2D eigenvalue weighted by atomic mass is 32.1. The molecule has 3 heterocycles. The number of hydrogen-bond acceptors (Lipinski definition) is 4. The Morgan fingerprint density at radius 2 is 1.68 bits per heavy atom. The summed E-state index contributed by atoms with van der Waals surface area (Å²) >= 11 is 1.67. The number of fused-ring (bicyclic) bond motifs is 4. The second-order valence-electron chi connectivity index (χ2n) is 11.6. The van der Waals surface area contributed by atoms with Crippen molar-refractivity contribution in [2.24, 2.45) is 5.92 Å². The zero-order valence-electron chi connectivity index (χ0n) is 24.6. The van der Waals surface area contributed by atoms with Crippen LogP contribution >= 0.6 is 11.3 Å². The van der Waals surface area contributed by atoms with Gasteiger partial charge in [0.2, 0.25) is 5.91 Å². The normalized spacial score (nSPS) is 12.2. The number of carbonyl (C=O) groups excluding carboxylic acids is 2. The lowest BCUT2D eigenvalue weighted by Gasteiger charge is -2.17. The molecule has 1 amide bonds. The highest BCUT2D eigenvalue weighted by molar-refractivity contribution is 7.23. The summed E-state index contributed by atoms with van der Waals surface area (Å²) in [7, 11) is 0. The molecule has 0 spiro atoms. The van der Waals surface area contributed by atoms with Crippen molar-refractivity contribution in [1.29, 1.82) is 0 Å². The number of carbonyl (C=O) groups is 2. The second kappa shape index (κ2) is 11.6. The van der Waals surface area contributed by atoms with Gasteiger partial charge in [-0.3, -0.25) is 14.0 Å². The molecule has 7 rings (SSSR count). The number of hydrogen-bond donors (Lipinski definition) is 2. The van der Waals surface area contributed by atoms with Gasteiger partial charge in [0, 0.05) is 53.3 Å². The van der Waals surface area contributed by atoms with E-state index in [2.05, 4.69) is 45.2 Å². The Morgan fingerprint density at radius 3 is 2.50 bits per heavy atom. The number of ketones is 1. The first-order chi connectivity index (χ1) is 21.4. The third-order valence-electron chi connectivity index (χ3n) is 8.12. The number of para-hydroxylation sites is 2. The first kappa shape index (κ1) is 27.8. The minimum Gasteiger partial charge on any atom is -0.361 e. The van der Waals surface area contributed by atoms with Gasteiger partial charge in [0.25, 0.3) is 0 Å². The monoisotopic (exact) mass is 596 g/mol. The van der Waals surface area contributed by atoms with E-state index in [9.17, 15) is 9.59 Å². The number of thiazole rings is 1. The van der Waals surface area contributed by atoms with Gasteiger partial charge in [-0.15, -0.1) is 0 Å². The second-order valence-corrected chi connectivity index (χ2v) is 12.6. The molecule has 0 bridgehead atoms. The van der Waals surface area contributed by atoms with E-state index in [4.69, 9.17) is 4.98 Å². The zero-order valence-corrected chi connectivity index (χ0v) is 25.4. The fourth-order valence-electron chi connectivity index (χ4n) is 6.13. The fraction of sp³-hybridized carbons (Fsp3) is 0.162. The third kappa shape index (κ3) is 5.66. The van der Waals surface area contributed by atoms with Crippen LogP contribution in [0.25, 0.3) is 37.3 Å². The van der Waals surface area contributed by atoms with Crippen molar-refractivity contribution in [3.05, 3.63) is 126 Å². The van der Waals surface area contributed by atoms with Crippen LogP contribution in [0.3, 0.4) is 0 Å². The summed E-state index contributed by atoms with van der Waals surface area (Å²) < 4.78 is 3.32. The molecule has 2 N–H and O–H groups in total. The lowest BCUT2D eigenvalue weighted by Crippen LogP contribution is -2.27. The Hall–Kier alpha value is -5.01. The molecule has 0 fully saturated rings. The number of benzene rings is 4. The van der Waals surface area contributed by atoms with E-state index in [1.54, 1.807) is 11.3 Å². The molecule has 218 valence electrons. The van der Waals surface area contributed by atoms with Gasteiger partial charge in [0.05, 0.1) is 15.9 Å². The molecular formula is C37H32N4O2S. The van der Waals surface area contributed by atoms with Crippen molar-refractivity contribution < 1.29 is 9.59 Å². The Kier molecular flexibility index (Phi) is 7.32. The van der Waals surface area contributed by atoms with Gasteiger partial charge in [0.15, 0.2) is 4.96 Å². The molecule has 0 saturated heterocycles. The van der Waals surface area contributed by atoms with Crippen LogP contribution in [0.2, 0.25) is 0 Å². The summed E-state index contributed by atoms with van der Waals surface area (Å²) in [5.74, 6) is -0.621. The summed E-state index contributed by atoms with van der Waals surface area (Å²) in [4.78, 5) is 36.2. The first-order valence-corrected chi connectivity index (χ1v) is 15.6. The van der Waals surface area contributed by atoms with E-state index in [-0.39, 0.29) is 18.1 Å². The minimum atomic E-state index is -0.513. The number of Topliss-reactive ketones (excluding diaryl/α,β-unsaturated/α-hetero) is 1. The van der Waals surface area contributed by atoms with Crippen molar-refractivity contribution in [2.75, 3.05) is 5.32 Å². The number of nitrogens with zero attached hydrogens (tertiary/aromatic N) is 2. The molecule has 6 nitrogen and oxygen atoms in total. The summed E-state index contributed by atoms with van der Waals surface area (Å²) in [6, 6.07) is 30.3. The molecule has 0 saturated carbocycles. The molecule has 0 radical (unpaired) electrons. The zero-order chi connectivity index (χ0) is 30.2. The predicted octanol–water partition coefficient (Wildman–Crippen LogP) is 8.31. The van der Waals surface area contributed by atoms with Crippen LogP contribution in [0, 0.1) is 19.8 Å². The minimum absolute atomic E-state index is 0.0533. The van der Waals surface area contributed by atoms with Crippen molar-refractivity contribution >= 4 is 54.8 Å². The summed E-state index contributed by atoms with van der Waals surface area (Å²) in [5, 5.41) is 4.16. The maximum atomic E-state index is 13.7. The van der Waals surface area contributed by atoms with Crippen molar-refractivity contribution in [2.45, 2.75) is 33.1 Å². The quantitative estimate of drug-likeness (QED) is 0.176. The number of aromatic amines is 1. The molecule has 0 aliphatic carbocycles. The van der Waals surface area contributed by atoms with E-state index in [1.807, 2.05) is 86.8 Å². The van der Waals surface area contributed by atoms with Gasteiger partial charge in [-0.05, 0) is 61.7 Å². The highest BCUT2D eigenvalue weighted by Gasteiger charge is 2.24. The predicted molar refractivity (Wildman–Crippen MR) is 179 cm³/mol. The van der Waals surface area contributed by atoms with Gasteiger partial charge >= 0.3 is 0 Å². The molecule has 0 aliphatic heterocycles. The Bertz CT molecular complexity index is 2130. The number of aryl methyl sites for hydroxylation is 2. The maximum Gasteiger partial charge on any atom is 0.228 e. The SMILES string of the molecule is Cc1cc(C)cc(CC(=O)C[C@@H](Cc2c[nH]c3ccccc23)C(=O)Nc2ccc(-c3cn4c(n3)sc3ccccc34)cc2)c1. The number of anilines is 1. The smallest absolute Gasteiger partial charge is 0.228 e. The number of H-pyrrole nitrogens is 1. The molecule has 1 atom stereocenters. The van der Waals surface area contributed by atoms with E-state index >= 15 is 0 Å². The number of aromatic nitrogens is 3. The van der Waals surface area contributed by atoms with Gasteiger partial charge < -0.3 is 10.3 Å². The number of rotatable bonds is 9. The number of amides is 1. The number of imidazole rings is 1. The van der Waals surface area contributed by atoms with Crippen LogP contribution in [0.15, 0.2) is 103 Å². The van der Waals surface area contributed by atoms with Crippen LogP contribution in [0.1, 0.15) is 28.7 Å². The maximum absolute atomic E-state index is 13.7. The van der Waals surface area contributed by atoms with E-state index in [0.717, 1.165) is 54.9 Å². The average molecular weight is 597 g/mol. The molecular weight excluding hydrogens is 565 g/mol. The van der Waals surface area contributed by atoms with Crippen molar-refractivity contribution in [1.82, 2.24) is 14.4 Å². The Labute approximate surface area is 259 Å². The van der Waals surface area contributed by atoms with Crippen molar-refractivity contribution in [3.63, 3.8) is 0 Å². The van der Waals surface area contributed by atoms with E-state index in [1.165, 1.54) is 4.70 Å². The topological polar surface area (TPSA) is 79.3 Å². The molecule has 4 aromatic carbocycles. The first-order valence-electron chi connectivity index (χ1n) is 14.8. The van der Waals surface area contributed by atoms with Crippen LogP contribution < -0.4 is 5.32 Å². The number of nitrogens with one attached hydrogen (secondary N) is 2. The Balaban J connectivity index is 1.10. The van der Waals surface area contributed by atoms with Crippen LogP contribution in [-0.2, 0) is 22.4 Å². The molecule has 3 aromatic heterocycles. The summed E-state index contributed by atoms with van der Waals surface area (Å²) in [6.07, 6.45) is 4.95. The van der Waals surface area contributed by atoms with Crippen LogP contribution in [0.4, 0.5) is 5.69 Å². The molecule has 0 aliphatic rings. The molecule has 44 heavy (non-hydrogen) atoms. The Morgan fingerprint density at radius 1 is 0.932 bits per heavy atom. The van der Waals surface area contributed by atoms with Crippen LogP contribution in [0.5, 0.6) is 0 Å².